The Morgan fingerprint density at radius 1 is 0.276 bits per heavy atom. The van der Waals surface area contributed by atoms with E-state index in [1.54, 1.807) is 0 Å². The van der Waals surface area contributed by atoms with Crippen molar-refractivity contribution >= 4 is 54.5 Å². The summed E-state index contributed by atoms with van der Waals surface area (Å²) in [5, 5.41) is 15.6. The highest BCUT2D eigenvalue weighted by Gasteiger charge is 2.24. The van der Waals surface area contributed by atoms with E-state index in [0.717, 1.165) is 51.0 Å². The van der Waals surface area contributed by atoms with Gasteiger partial charge in [-0.3, -0.25) is 4.57 Å². The Morgan fingerprint density at radius 3 is 1.38 bits per heavy atom. The van der Waals surface area contributed by atoms with Crippen molar-refractivity contribution in [3.8, 4) is 45.5 Å². The summed E-state index contributed by atoms with van der Waals surface area (Å²) < 4.78 is 9.40. The molecule has 0 amide bonds. The van der Waals surface area contributed by atoms with E-state index >= 15 is 0 Å². The van der Waals surface area contributed by atoms with E-state index in [1.165, 1.54) is 49.0 Å². The molecule has 12 aromatic rings. The van der Waals surface area contributed by atoms with Crippen LogP contribution in [0.2, 0.25) is 0 Å². The smallest absolute Gasteiger partial charge is 0.168 e. The lowest BCUT2D eigenvalue weighted by Gasteiger charge is -2.15. The monoisotopic (exact) mass is 742 g/mol. The predicted molar refractivity (Wildman–Crippen MR) is 238 cm³/mol. The molecule has 4 heterocycles. The van der Waals surface area contributed by atoms with Crippen LogP contribution in [-0.2, 0) is 0 Å². The molecule has 6 heteroatoms. The Labute approximate surface area is 333 Å². The predicted octanol–water partition coefficient (Wildman–Crippen LogP) is 12.7. The van der Waals surface area contributed by atoms with Crippen LogP contribution in [0.1, 0.15) is 0 Å². The van der Waals surface area contributed by atoms with Crippen LogP contribution in [0.5, 0.6) is 0 Å². The van der Waals surface area contributed by atoms with Crippen LogP contribution in [0.25, 0.3) is 100 Å². The summed E-state index contributed by atoms with van der Waals surface area (Å²) in [5.41, 5.74) is 12.2. The molecule has 0 spiro atoms. The average molecular weight is 743 g/mol. The second-order valence-electron chi connectivity index (χ2n) is 14.7. The third-order valence-electron chi connectivity index (χ3n) is 11.5. The van der Waals surface area contributed by atoms with E-state index in [2.05, 4.69) is 188 Å². The van der Waals surface area contributed by atoms with Crippen LogP contribution in [0.3, 0.4) is 0 Å². The zero-order valence-corrected chi connectivity index (χ0v) is 31.3. The normalized spacial score (nSPS) is 11.8. The molecule has 58 heavy (non-hydrogen) atoms. The number of rotatable bonds is 6. The molecular weight excluding hydrogens is 709 g/mol. The fourth-order valence-corrected chi connectivity index (χ4v) is 9.00. The molecule has 0 N–H and O–H groups in total. The van der Waals surface area contributed by atoms with E-state index in [1.807, 2.05) is 36.4 Å². The average Bonchev–Trinajstić information content (AvgIpc) is 4.09. The lowest BCUT2D eigenvalue weighted by atomic mass is 10.1. The summed E-state index contributed by atoms with van der Waals surface area (Å²) in [4.78, 5) is 0. The molecule has 0 aliphatic rings. The van der Waals surface area contributed by atoms with Crippen LogP contribution < -0.4 is 0 Å². The third kappa shape index (κ3) is 4.79. The highest BCUT2D eigenvalue weighted by molar-refractivity contribution is 6.26. The molecular formula is C52H34N6. The molecule has 8 aromatic carbocycles. The number of fused-ring (bicyclic) bond motifs is 9. The molecule has 6 nitrogen and oxygen atoms in total. The summed E-state index contributed by atoms with van der Waals surface area (Å²) >= 11 is 0. The van der Waals surface area contributed by atoms with Gasteiger partial charge in [-0.05, 0) is 66.7 Å². The maximum absolute atomic E-state index is 4.75. The highest BCUT2D eigenvalue weighted by atomic mass is 15.3. The standard InChI is InChI=1S/C52H34N6/c1-5-15-35(16-6-1)51-53-54-52(36-17-7-2-8-18-36)58(51)40-27-25-39(26-28-40)57-48-43(31-32-46-45(48)33-34-55(46)37-19-9-3-10-20-37)44-30-29-42-41-23-13-14-24-47(41)56(49(42)50(44)57)38-21-11-4-12-22-38/h1-34H. The van der Waals surface area contributed by atoms with Gasteiger partial charge in [0.1, 0.15) is 0 Å². The Kier molecular flexibility index (Phi) is 7.13. The summed E-state index contributed by atoms with van der Waals surface area (Å²) in [6, 6.07) is 71.1. The second-order valence-corrected chi connectivity index (χ2v) is 14.7. The summed E-state index contributed by atoms with van der Waals surface area (Å²) in [7, 11) is 0. The molecule has 272 valence electrons. The maximum atomic E-state index is 4.75. The molecule has 0 saturated carbocycles. The molecule has 12 rings (SSSR count). The van der Waals surface area contributed by atoms with Gasteiger partial charge in [0.25, 0.3) is 0 Å². The minimum Gasteiger partial charge on any atom is -0.316 e. The van der Waals surface area contributed by atoms with Gasteiger partial charge in [0.2, 0.25) is 0 Å². The SMILES string of the molecule is c1ccc(-c2nnc(-c3ccccc3)n2-c2ccc(-n3c4c(ccc5c4ccn5-c4ccccc4)c4ccc5c6ccccc6n(-c6ccccc6)c5c43)cc2)cc1. The van der Waals surface area contributed by atoms with Crippen molar-refractivity contribution in [2.24, 2.45) is 0 Å². The summed E-state index contributed by atoms with van der Waals surface area (Å²) in [6.07, 6.45) is 2.20. The van der Waals surface area contributed by atoms with Crippen molar-refractivity contribution in [1.82, 2.24) is 28.5 Å². The van der Waals surface area contributed by atoms with Crippen LogP contribution in [0.4, 0.5) is 0 Å². The first kappa shape index (κ1) is 32.3. The number of hydrogen-bond acceptors (Lipinski definition) is 2. The van der Waals surface area contributed by atoms with Crippen LogP contribution >= 0.6 is 0 Å². The van der Waals surface area contributed by atoms with Crippen LogP contribution in [-0.4, -0.2) is 28.5 Å². The van der Waals surface area contributed by atoms with Crippen molar-refractivity contribution in [2.45, 2.75) is 0 Å². The minimum absolute atomic E-state index is 0.794. The van der Waals surface area contributed by atoms with Crippen molar-refractivity contribution in [3.63, 3.8) is 0 Å². The lowest BCUT2D eigenvalue weighted by Crippen LogP contribution is -2.02. The largest absolute Gasteiger partial charge is 0.316 e. The van der Waals surface area contributed by atoms with Gasteiger partial charge in [0.05, 0.1) is 27.6 Å². The zero-order chi connectivity index (χ0) is 38.2. The van der Waals surface area contributed by atoms with Crippen LogP contribution in [0.15, 0.2) is 206 Å². The first-order chi connectivity index (χ1) is 28.8. The number of nitrogens with zero attached hydrogens (tertiary/aromatic N) is 6. The second kappa shape index (κ2) is 12.8. The fourth-order valence-electron chi connectivity index (χ4n) is 9.00. The first-order valence-corrected chi connectivity index (χ1v) is 19.6. The molecule has 4 aromatic heterocycles. The molecule has 0 bridgehead atoms. The lowest BCUT2D eigenvalue weighted by molar-refractivity contribution is 1.07. The highest BCUT2D eigenvalue weighted by Crippen LogP contribution is 2.44. The van der Waals surface area contributed by atoms with E-state index < -0.39 is 0 Å². The van der Waals surface area contributed by atoms with Gasteiger partial charge < -0.3 is 13.7 Å². The van der Waals surface area contributed by atoms with Crippen molar-refractivity contribution in [3.05, 3.63) is 206 Å². The van der Waals surface area contributed by atoms with Gasteiger partial charge in [0.15, 0.2) is 11.6 Å². The molecule has 0 radical (unpaired) electrons. The van der Waals surface area contributed by atoms with Crippen molar-refractivity contribution < 1.29 is 0 Å². The number of hydrogen-bond donors (Lipinski definition) is 0. The van der Waals surface area contributed by atoms with Gasteiger partial charge >= 0.3 is 0 Å². The third-order valence-corrected chi connectivity index (χ3v) is 11.5. The Balaban J connectivity index is 1.18. The van der Waals surface area contributed by atoms with Crippen molar-refractivity contribution in [2.75, 3.05) is 0 Å². The Hall–Kier alpha value is -7.96. The Bertz CT molecular complexity index is 3410. The first-order valence-electron chi connectivity index (χ1n) is 19.6. The molecule has 0 aliphatic carbocycles. The summed E-state index contributed by atoms with van der Waals surface area (Å²) in [6.45, 7) is 0. The van der Waals surface area contributed by atoms with Crippen molar-refractivity contribution in [1.29, 1.82) is 0 Å². The Morgan fingerprint density at radius 2 is 0.741 bits per heavy atom. The molecule has 0 saturated heterocycles. The van der Waals surface area contributed by atoms with E-state index in [9.17, 15) is 0 Å². The van der Waals surface area contributed by atoms with Gasteiger partial charge in [-0.1, -0.05) is 133 Å². The maximum Gasteiger partial charge on any atom is 0.168 e. The van der Waals surface area contributed by atoms with Gasteiger partial charge in [0, 0.05) is 67.0 Å². The van der Waals surface area contributed by atoms with E-state index in [0.29, 0.717) is 0 Å². The van der Waals surface area contributed by atoms with Crippen LogP contribution in [0, 0.1) is 0 Å². The quantitative estimate of drug-likeness (QED) is 0.170. The number of para-hydroxylation sites is 3. The number of benzene rings is 8. The summed E-state index contributed by atoms with van der Waals surface area (Å²) in [5.74, 6) is 1.59. The molecule has 0 aliphatic heterocycles. The molecule has 0 fully saturated rings. The zero-order valence-electron chi connectivity index (χ0n) is 31.3. The van der Waals surface area contributed by atoms with E-state index in [-0.39, 0.29) is 0 Å². The fraction of sp³-hybridized carbons (Fsp3) is 0. The molecule has 0 unspecified atom stereocenters. The van der Waals surface area contributed by atoms with Gasteiger partial charge in [-0.25, -0.2) is 0 Å². The molecule has 0 atom stereocenters. The van der Waals surface area contributed by atoms with E-state index in [4.69, 9.17) is 10.2 Å². The number of aromatic nitrogens is 6. The van der Waals surface area contributed by atoms with Gasteiger partial charge in [-0.15, -0.1) is 10.2 Å². The van der Waals surface area contributed by atoms with Gasteiger partial charge in [-0.2, -0.15) is 0 Å². The minimum atomic E-state index is 0.794. The topological polar surface area (TPSA) is 45.5 Å².